The van der Waals surface area contributed by atoms with Crippen LogP contribution < -0.4 is 11.5 Å². The zero-order chi connectivity index (χ0) is 6.69. The van der Waals surface area contributed by atoms with Gasteiger partial charge in [-0.05, 0) is 0 Å². The van der Waals surface area contributed by atoms with Crippen LogP contribution in [0.2, 0.25) is 0 Å². The zero-order valence-corrected chi connectivity index (χ0v) is 4.59. The molecule has 0 fully saturated rings. The summed E-state index contributed by atoms with van der Waals surface area (Å²) < 4.78 is 4.42. The molecular weight excluding hydrogens is 124 g/mol. The lowest BCUT2D eigenvalue weighted by Gasteiger charge is -1.85. The first-order chi connectivity index (χ1) is 4.34. The molecule has 9 heavy (non-hydrogen) atoms. The quantitative estimate of drug-likeness (QED) is 0.521. The van der Waals surface area contributed by atoms with Crippen molar-refractivity contribution in [1.82, 2.24) is 5.16 Å². The van der Waals surface area contributed by atoms with E-state index in [1.807, 2.05) is 0 Å². The number of aromatic amines is 1. The SMILES string of the molecule is NOCc1co[nH]c1=O. The van der Waals surface area contributed by atoms with Gasteiger partial charge in [0.05, 0.1) is 5.56 Å². The van der Waals surface area contributed by atoms with Crippen molar-refractivity contribution in [2.45, 2.75) is 6.61 Å². The number of nitrogens with one attached hydrogen (secondary N) is 1. The average molecular weight is 130 g/mol. The van der Waals surface area contributed by atoms with Gasteiger partial charge in [-0.25, -0.2) is 5.90 Å². The minimum Gasteiger partial charge on any atom is -0.386 e. The molecule has 0 saturated heterocycles. The van der Waals surface area contributed by atoms with Crippen LogP contribution in [-0.4, -0.2) is 5.16 Å². The van der Waals surface area contributed by atoms with Crippen LogP contribution in [0.25, 0.3) is 0 Å². The average Bonchev–Trinajstić information content (AvgIpc) is 2.18. The third kappa shape index (κ3) is 1.18. The molecule has 0 aromatic carbocycles. The first kappa shape index (κ1) is 6.06. The summed E-state index contributed by atoms with van der Waals surface area (Å²) in [7, 11) is 0. The Balaban J connectivity index is 2.81. The maximum Gasteiger partial charge on any atom is 0.285 e. The Morgan fingerprint density at radius 1 is 1.89 bits per heavy atom. The van der Waals surface area contributed by atoms with Crippen LogP contribution in [0.5, 0.6) is 0 Å². The summed E-state index contributed by atoms with van der Waals surface area (Å²) in [6, 6.07) is 0. The van der Waals surface area contributed by atoms with Gasteiger partial charge < -0.3 is 4.52 Å². The lowest BCUT2D eigenvalue weighted by molar-refractivity contribution is 0.123. The first-order valence-electron chi connectivity index (χ1n) is 2.31. The molecule has 0 atom stereocenters. The third-order valence-corrected chi connectivity index (χ3v) is 0.883. The van der Waals surface area contributed by atoms with Gasteiger partial charge in [0.2, 0.25) is 0 Å². The van der Waals surface area contributed by atoms with Crippen molar-refractivity contribution < 1.29 is 9.36 Å². The summed E-state index contributed by atoms with van der Waals surface area (Å²) in [6.07, 6.45) is 1.26. The summed E-state index contributed by atoms with van der Waals surface area (Å²) in [5.74, 6) is 4.69. The maximum absolute atomic E-state index is 10.5. The largest absolute Gasteiger partial charge is 0.386 e. The van der Waals surface area contributed by atoms with Crippen molar-refractivity contribution >= 4 is 0 Å². The highest BCUT2D eigenvalue weighted by Crippen LogP contribution is 1.88. The van der Waals surface area contributed by atoms with Gasteiger partial charge in [-0.3, -0.25) is 9.63 Å². The van der Waals surface area contributed by atoms with Crippen LogP contribution in [0.3, 0.4) is 0 Å². The predicted molar refractivity (Wildman–Crippen MR) is 28.3 cm³/mol. The lowest BCUT2D eigenvalue weighted by atomic mass is 10.4. The molecule has 0 saturated carbocycles. The molecule has 0 amide bonds. The Hall–Kier alpha value is -1.07. The maximum atomic E-state index is 10.5. The topological polar surface area (TPSA) is 81.2 Å². The molecule has 1 rings (SSSR count). The summed E-state index contributed by atoms with van der Waals surface area (Å²) in [4.78, 5) is 14.7. The second-order valence-electron chi connectivity index (χ2n) is 1.50. The number of rotatable bonds is 2. The monoisotopic (exact) mass is 130 g/mol. The molecule has 50 valence electrons. The number of hydrogen-bond acceptors (Lipinski definition) is 4. The summed E-state index contributed by atoms with van der Waals surface area (Å²) >= 11 is 0. The van der Waals surface area contributed by atoms with Gasteiger partial charge >= 0.3 is 0 Å². The van der Waals surface area contributed by atoms with E-state index in [4.69, 9.17) is 5.90 Å². The van der Waals surface area contributed by atoms with E-state index in [-0.39, 0.29) is 12.2 Å². The molecule has 1 aromatic rings. The molecule has 0 aliphatic carbocycles. The van der Waals surface area contributed by atoms with Crippen LogP contribution in [0.4, 0.5) is 0 Å². The molecule has 0 aliphatic heterocycles. The van der Waals surface area contributed by atoms with Crippen molar-refractivity contribution in [2.75, 3.05) is 0 Å². The molecule has 0 aliphatic rings. The third-order valence-electron chi connectivity index (χ3n) is 0.883. The molecule has 5 nitrogen and oxygen atoms in total. The minimum absolute atomic E-state index is 0.0752. The van der Waals surface area contributed by atoms with Crippen LogP contribution in [0, 0.1) is 0 Å². The van der Waals surface area contributed by atoms with E-state index < -0.39 is 0 Å². The van der Waals surface area contributed by atoms with E-state index in [0.29, 0.717) is 5.56 Å². The summed E-state index contributed by atoms with van der Waals surface area (Å²) in [6.45, 7) is 0.0752. The van der Waals surface area contributed by atoms with Gasteiger partial charge in [0, 0.05) is 0 Å². The van der Waals surface area contributed by atoms with E-state index in [2.05, 4.69) is 14.5 Å². The Morgan fingerprint density at radius 2 is 2.67 bits per heavy atom. The van der Waals surface area contributed by atoms with Crippen molar-refractivity contribution in [3.05, 3.63) is 22.2 Å². The second-order valence-corrected chi connectivity index (χ2v) is 1.50. The fraction of sp³-hybridized carbons (Fsp3) is 0.250. The molecule has 0 bridgehead atoms. The fourth-order valence-electron chi connectivity index (χ4n) is 0.463. The Morgan fingerprint density at radius 3 is 3.11 bits per heavy atom. The van der Waals surface area contributed by atoms with E-state index in [1.54, 1.807) is 0 Å². The smallest absolute Gasteiger partial charge is 0.285 e. The Kier molecular flexibility index (Phi) is 1.66. The minimum atomic E-state index is -0.305. The van der Waals surface area contributed by atoms with Crippen LogP contribution in [-0.2, 0) is 11.4 Å². The van der Waals surface area contributed by atoms with Crippen molar-refractivity contribution in [1.29, 1.82) is 0 Å². The number of aromatic nitrogens is 1. The normalized spacial score (nSPS) is 9.89. The van der Waals surface area contributed by atoms with Crippen LogP contribution in [0.1, 0.15) is 5.56 Å². The molecule has 0 unspecified atom stereocenters. The zero-order valence-electron chi connectivity index (χ0n) is 4.59. The number of hydrogen-bond donors (Lipinski definition) is 2. The number of H-pyrrole nitrogens is 1. The number of nitrogens with two attached hydrogens (primary N) is 1. The Labute approximate surface area is 50.3 Å². The first-order valence-corrected chi connectivity index (χ1v) is 2.31. The second kappa shape index (κ2) is 2.47. The fourth-order valence-corrected chi connectivity index (χ4v) is 0.463. The van der Waals surface area contributed by atoms with Gasteiger partial charge in [0.1, 0.15) is 12.9 Å². The standard InChI is InChI=1S/C4H6N2O3/c5-8-1-3-2-9-6-4(3)7/h2H,1,5H2,(H,6,7). The summed E-state index contributed by atoms with van der Waals surface area (Å²) in [5.41, 5.74) is 0.0814. The molecule has 1 aromatic heterocycles. The predicted octanol–water partition coefficient (Wildman–Crippen LogP) is -0.642. The van der Waals surface area contributed by atoms with E-state index in [9.17, 15) is 4.79 Å². The Bertz CT molecular complexity index is 226. The highest BCUT2D eigenvalue weighted by Gasteiger charge is 1.98. The molecule has 1 heterocycles. The van der Waals surface area contributed by atoms with E-state index in [0.717, 1.165) is 0 Å². The van der Waals surface area contributed by atoms with E-state index in [1.165, 1.54) is 6.26 Å². The molecule has 0 spiro atoms. The van der Waals surface area contributed by atoms with Crippen molar-refractivity contribution in [2.24, 2.45) is 5.90 Å². The van der Waals surface area contributed by atoms with Crippen LogP contribution in [0.15, 0.2) is 15.6 Å². The lowest BCUT2D eigenvalue weighted by Crippen LogP contribution is -2.08. The molecule has 0 radical (unpaired) electrons. The van der Waals surface area contributed by atoms with E-state index >= 15 is 0 Å². The highest BCUT2D eigenvalue weighted by atomic mass is 16.6. The van der Waals surface area contributed by atoms with Crippen molar-refractivity contribution in [3.8, 4) is 0 Å². The molecular formula is C4H6N2O3. The van der Waals surface area contributed by atoms with Gasteiger partial charge in [0.15, 0.2) is 0 Å². The highest BCUT2D eigenvalue weighted by molar-refractivity contribution is 4.98. The van der Waals surface area contributed by atoms with Gasteiger partial charge in [-0.2, -0.15) is 5.16 Å². The van der Waals surface area contributed by atoms with Crippen LogP contribution >= 0.6 is 0 Å². The summed E-state index contributed by atoms with van der Waals surface area (Å²) in [5, 5.41) is 2.09. The molecule has 3 N–H and O–H groups in total. The molecule has 5 heteroatoms. The van der Waals surface area contributed by atoms with Gasteiger partial charge in [-0.1, -0.05) is 0 Å². The van der Waals surface area contributed by atoms with Crippen molar-refractivity contribution in [3.63, 3.8) is 0 Å². The van der Waals surface area contributed by atoms with Gasteiger partial charge in [-0.15, -0.1) is 0 Å². The van der Waals surface area contributed by atoms with Gasteiger partial charge in [0.25, 0.3) is 5.56 Å².